The number of aromatic nitrogens is 3. The minimum atomic E-state index is 0.764. The Morgan fingerprint density at radius 3 is 3.42 bits per heavy atom. The molecule has 1 fully saturated rings. The zero-order valence-electron chi connectivity index (χ0n) is 6.95. The molecule has 0 saturated carbocycles. The lowest BCUT2D eigenvalue weighted by molar-refractivity contribution is 0.577. The van der Waals surface area contributed by atoms with E-state index in [4.69, 9.17) is 0 Å². The average molecular weight is 164 g/mol. The molecular formula is C8H12N4. The molecule has 1 unspecified atom stereocenters. The van der Waals surface area contributed by atoms with Crippen molar-refractivity contribution < 1.29 is 0 Å². The molecule has 0 aromatic carbocycles. The van der Waals surface area contributed by atoms with E-state index in [0.29, 0.717) is 0 Å². The molecule has 4 nitrogen and oxygen atoms in total. The van der Waals surface area contributed by atoms with Crippen LogP contribution in [0.15, 0.2) is 0 Å². The van der Waals surface area contributed by atoms with Crippen LogP contribution in [0.2, 0.25) is 0 Å². The Hall–Kier alpha value is -1.06. The summed E-state index contributed by atoms with van der Waals surface area (Å²) in [6, 6.07) is 0.764. The predicted octanol–water partition coefficient (Wildman–Crippen LogP) is 0.720. The second-order valence-corrected chi connectivity index (χ2v) is 3.64. The fourth-order valence-corrected chi connectivity index (χ4v) is 2.38. The summed E-state index contributed by atoms with van der Waals surface area (Å²) in [5.41, 5.74) is 1.16. The minimum Gasteiger partial charge on any atom is -0.352 e. The van der Waals surface area contributed by atoms with Crippen molar-refractivity contribution in [1.29, 1.82) is 0 Å². The summed E-state index contributed by atoms with van der Waals surface area (Å²) in [5.74, 6) is 1.18. The van der Waals surface area contributed by atoms with Crippen LogP contribution in [0.3, 0.4) is 0 Å². The molecule has 4 heteroatoms. The quantitative estimate of drug-likeness (QED) is 0.614. The van der Waals surface area contributed by atoms with Crippen LogP contribution in [0.25, 0.3) is 0 Å². The van der Waals surface area contributed by atoms with Crippen LogP contribution in [0.5, 0.6) is 0 Å². The lowest BCUT2D eigenvalue weighted by atomic mass is 10.0. The second kappa shape index (κ2) is 2.21. The van der Waals surface area contributed by atoms with Crippen molar-refractivity contribution >= 4 is 5.82 Å². The Balaban J connectivity index is 2.04. The van der Waals surface area contributed by atoms with E-state index >= 15 is 0 Å². The highest BCUT2D eigenvalue weighted by molar-refractivity contribution is 5.47. The molecular weight excluding hydrogens is 152 g/mol. The number of H-pyrrole nitrogens is 1. The number of rotatable bonds is 0. The Bertz CT molecular complexity index is 293. The third-order valence-electron chi connectivity index (χ3n) is 2.98. The molecule has 1 N–H and O–H groups in total. The standard InChI is InChI=1S/C8H12N4/c1-2-6-3-4-7-8(10-11-9-7)12(6)5-1/h6H,1-5H2,(H,9,10,11). The summed E-state index contributed by atoms with van der Waals surface area (Å²) < 4.78 is 0. The second-order valence-electron chi connectivity index (χ2n) is 3.64. The summed E-state index contributed by atoms with van der Waals surface area (Å²) in [6.07, 6.45) is 5.04. The maximum atomic E-state index is 4.07. The van der Waals surface area contributed by atoms with Gasteiger partial charge in [0.2, 0.25) is 0 Å². The molecule has 3 rings (SSSR count). The Morgan fingerprint density at radius 2 is 2.42 bits per heavy atom. The van der Waals surface area contributed by atoms with Gasteiger partial charge in [-0.3, -0.25) is 0 Å². The van der Waals surface area contributed by atoms with Crippen molar-refractivity contribution in [2.45, 2.75) is 31.7 Å². The van der Waals surface area contributed by atoms with Crippen LogP contribution in [0, 0.1) is 0 Å². The molecule has 0 spiro atoms. The Morgan fingerprint density at radius 1 is 1.42 bits per heavy atom. The average Bonchev–Trinajstić information content (AvgIpc) is 2.71. The first-order valence-electron chi connectivity index (χ1n) is 4.62. The summed E-state index contributed by atoms with van der Waals surface area (Å²) in [4.78, 5) is 2.43. The number of aryl methyl sites for hydroxylation is 1. The largest absolute Gasteiger partial charge is 0.352 e. The van der Waals surface area contributed by atoms with Gasteiger partial charge in [0.05, 0.1) is 0 Å². The molecule has 1 aromatic rings. The number of anilines is 1. The third kappa shape index (κ3) is 0.722. The SMILES string of the molecule is C1CC2CCc3nn[nH]c3N2C1. The molecule has 0 radical (unpaired) electrons. The summed E-state index contributed by atoms with van der Waals surface area (Å²) in [7, 11) is 0. The molecule has 1 saturated heterocycles. The Labute approximate surface area is 71.0 Å². The number of hydrogen-bond donors (Lipinski definition) is 1. The van der Waals surface area contributed by atoms with Gasteiger partial charge in [-0.1, -0.05) is 5.21 Å². The fourth-order valence-electron chi connectivity index (χ4n) is 2.38. The van der Waals surface area contributed by atoms with Gasteiger partial charge in [0.15, 0.2) is 0 Å². The van der Waals surface area contributed by atoms with Crippen molar-refractivity contribution in [3.63, 3.8) is 0 Å². The number of nitrogens with zero attached hydrogens (tertiary/aromatic N) is 3. The zero-order valence-corrected chi connectivity index (χ0v) is 6.95. The molecule has 64 valence electrons. The molecule has 3 heterocycles. The smallest absolute Gasteiger partial charge is 0.148 e. The van der Waals surface area contributed by atoms with Crippen LogP contribution in [-0.2, 0) is 6.42 Å². The van der Waals surface area contributed by atoms with Gasteiger partial charge < -0.3 is 4.90 Å². The molecule has 0 aliphatic carbocycles. The number of fused-ring (bicyclic) bond motifs is 3. The topological polar surface area (TPSA) is 44.8 Å². The minimum absolute atomic E-state index is 0.764. The van der Waals surface area contributed by atoms with Crippen LogP contribution < -0.4 is 4.90 Å². The highest BCUT2D eigenvalue weighted by atomic mass is 15.4. The summed E-state index contributed by atoms with van der Waals surface area (Å²) >= 11 is 0. The molecule has 1 atom stereocenters. The van der Waals surface area contributed by atoms with Gasteiger partial charge in [0.25, 0.3) is 0 Å². The highest BCUT2D eigenvalue weighted by Gasteiger charge is 2.31. The van der Waals surface area contributed by atoms with Gasteiger partial charge in [-0.2, -0.15) is 0 Å². The van der Waals surface area contributed by atoms with Gasteiger partial charge in [0.1, 0.15) is 11.5 Å². The summed E-state index contributed by atoms with van der Waals surface area (Å²) in [5, 5.41) is 10.9. The van der Waals surface area contributed by atoms with Crippen LogP contribution in [0.1, 0.15) is 25.0 Å². The maximum Gasteiger partial charge on any atom is 0.148 e. The third-order valence-corrected chi connectivity index (χ3v) is 2.98. The van der Waals surface area contributed by atoms with E-state index in [-0.39, 0.29) is 0 Å². The lowest BCUT2D eigenvalue weighted by Gasteiger charge is -2.29. The van der Waals surface area contributed by atoms with E-state index in [9.17, 15) is 0 Å². The normalized spacial score (nSPS) is 27.0. The molecule has 2 aliphatic heterocycles. The van der Waals surface area contributed by atoms with Gasteiger partial charge in [-0.15, -0.1) is 5.10 Å². The first kappa shape index (κ1) is 6.46. The van der Waals surface area contributed by atoms with Crippen molar-refractivity contribution in [2.75, 3.05) is 11.4 Å². The molecule has 2 aliphatic rings. The van der Waals surface area contributed by atoms with Crippen LogP contribution in [0.4, 0.5) is 5.82 Å². The molecule has 0 bridgehead atoms. The van der Waals surface area contributed by atoms with Crippen molar-refractivity contribution in [3.8, 4) is 0 Å². The highest BCUT2D eigenvalue weighted by Crippen LogP contribution is 2.32. The molecule has 12 heavy (non-hydrogen) atoms. The maximum absolute atomic E-state index is 4.07. The zero-order chi connectivity index (χ0) is 7.97. The number of aromatic amines is 1. The Kier molecular flexibility index (Phi) is 1.19. The van der Waals surface area contributed by atoms with E-state index in [0.717, 1.165) is 18.2 Å². The van der Waals surface area contributed by atoms with E-state index in [1.165, 1.54) is 31.6 Å². The van der Waals surface area contributed by atoms with Gasteiger partial charge >= 0.3 is 0 Å². The van der Waals surface area contributed by atoms with Crippen LogP contribution >= 0.6 is 0 Å². The summed E-state index contributed by atoms with van der Waals surface area (Å²) in [6.45, 7) is 1.18. The van der Waals surface area contributed by atoms with Gasteiger partial charge in [-0.05, 0) is 25.7 Å². The molecule has 1 aromatic heterocycles. The monoisotopic (exact) mass is 164 g/mol. The van der Waals surface area contributed by atoms with E-state index in [1.807, 2.05) is 0 Å². The van der Waals surface area contributed by atoms with Gasteiger partial charge in [-0.25, -0.2) is 5.10 Å². The van der Waals surface area contributed by atoms with Crippen molar-refractivity contribution in [1.82, 2.24) is 15.4 Å². The van der Waals surface area contributed by atoms with Gasteiger partial charge in [0, 0.05) is 12.6 Å². The lowest BCUT2D eigenvalue weighted by Crippen LogP contribution is -2.33. The predicted molar refractivity (Wildman–Crippen MR) is 45.1 cm³/mol. The van der Waals surface area contributed by atoms with E-state index < -0.39 is 0 Å². The number of nitrogens with one attached hydrogen (secondary N) is 1. The van der Waals surface area contributed by atoms with Crippen molar-refractivity contribution in [3.05, 3.63) is 5.69 Å². The number of hydrogen-bond acceptors (Lipinski definition) is 3. The first-order chi connectivity index (χ1) is 5.95. The van der Waals surface area contributed by atoms with E-state index in [1.54, 1.807) is 0 Å². The molecule has 0 amide bonds. The first-order valence-corrected chi connectivity index (χ1v) is 4.62. The van der Waals surface area contributed by atoms with Crippen molar-refractivity contribution in [2.24, 2.45) is 0 Å². The van der Waals surface area contributed by atoms with E-state index in [2.05, 4.69) is 20.3 Å². The van der Waals surface area contributed by atoms with Crippen LogP contribution in [-0.4, -0.2) is 28.0 Å². The fraction of sp³-hybridized carbons (Fsp3) is 0.750.